The van der Waals surface area contributed by atoms with Crippen LogP contribution >= 0.6 is 15.9 Å². The lowest BCUT2D eigenvalue weighted by atomic mass is 10.1. The monoisotopic (exact) mass is 307 g/mol. The van der Waals surface area contributed by atoms with E-state index >= 15 is 0 Å². The van der Waals surface area contributed by atoms with Crippen LogP contribution in [0.1, 0.15) is 19.4 Å². The summed E-state index contributed by atoms with van der Waals surface area (Å²) in [7, 11) is 0. The normalized spacial score (nSPS) is 11.2. The van der Waals surface area contributed by atoms with E-state index in [2.05, 4.69) is 15.9 Å². The van der Waals surface area contributed by atoms with Crippen LogP contribution in [0, 0.1) is 17.2 Å². The van der Waals surface area contributed by atoms with E-state index < -0.39 is 5.97 Å². The molecule has 4 heteroatoms. The number of rotatable bonds is 4. The molecule has 0 radical (unpaired) electrons. The molecule has 0 aliphatic carbocycles. The van der Waals surface area contributed by atoms with E-state index in [1.807, 2.05) is 44.2 Å². The third-order valence-corrected chi connectivity index (χ3v) is 2.60. The Labute approximate surface area is 115 Å². The Balaban J connectivity index is 2.80. The maximum atomic E-state index is 11.6. The minimum absolute atomic E-state index is 0.0120. The lowest BCUT2D eigenvalue weighted by Gasteiger charge is -2.06. The zero-order valence-corrected chi connectivity index (χ0v) is 11.9. The molecule has 0 saturated carbocycles. The lowest BCUT2D eigenvalue weighted by Crippen LogP contribution is -2.11. The molecule has 1 rings (SSSR count). The van der Waals surface area contributed by atoms with E-state index in [4.69, 9.17) is 10.00 Å². The Hall–Kier alpha value is -1.60. The van der Waals surface area contributed by atoms with Gasteiger partial charge in [-0.3, -0.25) is 0 Å². The van der Waals surface area contributed by atoms with Crippen LogP contribution in [0.4, 0.5) is 0 Å². The molecule has 0 aromatic heterocycles. The minimum atomic E-state index is -0.575. The van der Waals surface area contributed by atoms with Crippen molar-refractivity contribution < 1.29 is 9.53 Å². The summed E-state index contributed by atoms with van der Waals surface area (Å²) < 4.78 is 5.96. The summed E-state index contributed by atoms with van der Waals surface area (Å²) in [5, 5.41) is 8.95. The largest absolute Gasteiger partial charge is 0.461 e. The first kappa shape index (κ1) is 14.5. The quantitative estimate of drug-likeness (QED) is 0.485. The van der Waals surface area contributed by atoms with Gasteiger partial charge in [-0.2, -0.15) is 5.26 Å². The van der Waals surface area contributed by atoms with Crippen LogP contribution in [0.3, 0.4) is 0 Å². The summed E-state index contributed by atoms with van der Waals surface area (Å²) in [5.74, 6) is -0.323. The van der Waals surface area contributed by atoms with Gasteiger partial charge >= 0.3 is 5.97 Å². The SMILES string of the molecule is CC(C)COC(=O)C(C#N)=Cc1ccc(Br)cc1. The fourth-order valence-corrected chi connectivity index (χ4v) is 1.45. The van der Waals surface area contributed by atoms with Gasteiger partial charge in [0.05, 0.1) is 6.61 Å². The van der Waals surface area contributed by atoms with E-state index in [1.165, 1.54) is 6.08 Å². The van der Waals surface area contributed by atoms with Crippen molar-refractivity contribution in [1.29, 1.82) is 5.26 Å². The third kappa shape index (κ3) is 4.72. The van der Waals surface area contributed by atoms with Crippen LogP contribution in [-0.2, 0) is 9.53 Å². The van der Waals surface area contributed by atoms with Gasteiger partial charge in [0.1, 0.15) is 11.6 Å². The smallest absolute Gasteiger partial charge is 0.348 e. The number of nitrogens with zero attached hydrogens (tertiary/aromatic N) is 1. The van der Waals surface area contributed by atoms with Crippen molar-refractivity contribution in [2.45, 2.75) is 13.8 Å². The number of halogens is 1. The molecule has 18 heavy (non-hydrogen) atoms. The number of ether oxygens (including phenoxy) is 1. The maximum Gasteiger partial charge on any atom is 0.348 e. The predicted octanol–water partition coefficient (Wildman–Crippen LogP) is 3.56. The number of benzene rings is 1. The van der Waals surface area contributed by atoms with Gasteiger partial charge < -0.3 is 4.74 Å². The molecule has 0 aliphatic rings. The van der Waals surface area contributed by atoms with Crippen LogP contribution in [0.2, 0.25) is 0 Å². The summed E-state index contributed by atoms with van der Waals surface area (Å²) in [4.78, 5) is 11.6. The Kier molecular flexibility index (Phi) is 5.60. The van der Waals surface area contributed by atoms with Crippen LogP contribution < -0.4 is 0 Å². The fourth-order valence-electron chi connectivity index (χ4n) is 1.18. The van der Waals surface area contributed by atoms with Crippen molar-refractivity contribution in [1.82, 2.24) is 0 Å². The molecule has 0 bridgehead atoms. The van der Waals surface area contributed by atoms with Gasteiger partial charge in [0.15, 0.2) is 0 Å². The average Bonchev–Trinajstić information content (AvgIpc) is 2.35. The molecule has 94 valence electrons. The topological polar surface area (TPSA) is 50.1 Å². The van der Waals surface area contributed by atoms with Crippen molar-refractivity contribution >= 4 is 28.0 Å². The highest BCUT2D eigenvalue weighted by Crippen LogP contribution is 2.13. The molecule has 0 amide bonds. The van der Waals surface area contributed by atoms with Gasteiger partial charge in [-0.05, 0) is 29.7 Å². The molecular weight excluding hydrogens is 294 g/mol. The van der Waals surface area contributed by atoms with Crippen molar-refractivity contribution in [2.24, 2.45) is 5.92 Å². The molecule has 0 N–H and O–H groups in total. The van der Waals surface area contributed by atoms with Gasteiger partial charge in [0, 0.05) is 4.47 Å². The molecule has 0 heterocycles. The van der Waals surface area contributed by atoms with Crippen molar-refractivity contribution in [3.63, 3.8) is 0 Å². The van der Waals surface area contributed by atoms with Gasteiger partial charge in [0.2, 0.25) is 0 Å². The summed E-state index contributed by atoms with van der Waals surface area (Å²) in [6, 6.07) is 9.19. The van der Waals surface area contributed by atoms with Crippen molar-refractivity contribution in [2.75, 3.05) is 6.61 Å². The molecule has 0 saturated heterocycles. The second-order valence-electron chi connectivity index (χ2n) is 4.21. The standard InChI is InChI=1S/C14H14BrNO2/c1-10(2)9-18-14(17)12(8-16)7-11-3-5-13(15)6-4-11/h3-7,10H,9H2,1-2H3. The average molecular weight is 308 g/mol. The summed E-state index contributed by atoms with van der Waals surface area (Å²) in [5.41, 5.74) is 0.800. The maximum absolute atomic E-state index is 11.6. The summed E-state index contributed by atoms with van der Waals surface area (Å²) in [6.07, 6.45) is 1.52. The molecule has 1 aromatic rings. The van der Waals surface area contributed by atoms with E-state index in [9.17, 15) is 4.79 Å². The van der Waals surface area contributed by atoms with Crippen LogP contribution in [0.25, 0.3) is 6.08 Å². The Morgan fingerprint density at radius 2 is 2.06 bits per heavy atom. The van der Waals surface area contributed by atoms with E-state index in [0.717, 1.165) is 10.0 Å². The van der Waals surface area contributed by atoms with Crippen LogP contribution in [0.15, 0.2) is 34.3 Å². The molecular formula is C14H14BrNO2. The highest BCUT2D eigenvalue weighted by atomic mass is 79.9. The van der Waals surface area contributed by atoms with E-state index in [1.54, 1.807) is 0 Å². The zero-order valence-electron chi connectivity index (χ0n) is 10.3. The van der Waals surface area contributed by atoms with Gasteiger partial charge in [-0.25, -0.2) is 4.79 Å². The first-order valence-electron chi connectivity index (χ1n) is 5.57. The van der Waals surface area contributed by atoms with Crippen LogP contribution in [-0.4, -0.2) is 12.6 Å². The molecule has 0 aliphatic heterocycles. The Morgan fingerprint density at radius 3 is 2.56 bits per heavy atom. The van der Waals surface area contributed by atoms with Gasteiger partial charge in [0.25, 0.3) is 0 Å². The molecule has 0 spiro atoms. The Bertz CT molecular complexity index is 484. The van der Waals surface area contributed by atoms with Crippen LogP contribution in [0.5, 0.6) is 0 Å². The minimum Gasteiger partial charge on any atom is -0.461 e. The molecule has 0 atom stereocenters. The highest BCUT2D eigenvalue weighted by Gasteiger charge is 2.11. The van der Waals surface area contributed by atoms with E-state index in [-0.39, 0.29) is 11.5 Å². The number of hydrogen-bond acceptors (Lipinski definition) is 3. The number of hydrogen-bond donors (Lipinski definition) is 0. The second kappa shape index (κ2) is 6.97. The number of esters is 1. The Morgan fingerprint density at radius 1 is 1.44 bits per heavy atom. The number of nitriles is 1. The predicted molar refractivity (Wildman–Crippen MR) is 73.5 cm³/mol. The second-order valence-corrected chi connectivity index (χ2v) is 5.13. The fraction of sp³-hybridized carbons (Fsp3) is 0.286. The molecule has 3 nitrogen and oxygen atoms in total. The molecule has 0 fully saturated rings. The number of carbonyl (C=O) groups excluding carboxylic acids is 1. The first-order valence-corrected chi connectivity index (χ1v) is 6.36. The summed E-state index contributed by atoms with van der Waals surface area (Å²) >= 11 is 3.32. The molecule has 0 unspecified atom stereocenters. The van der Waals surface area contributed by atoms with E-state index in [0.29, 0.717) is 6.61 Å². The van der Waals surface area contributed by atoms with Gasteiger partial charge in [-0.1, -0.05) is 41.9 Å². The third-order valence-electron chi connectivity index (χ3n) is 2.07. The first-order chi connectivity index (χ1) is 8.52. The van der Waals surface area contributed by atoms with Gasteiger partial charge in [-0.15, -0.1) is 0 Å². The number of carbonyl (C=O) groups is 1. The van der Waals surface area contributed by atoms with Crippen molar-refractivity contribution in [3.8, 4) is 6.07 Å². The highest BCUT2D eigenvalue weighted by molar-refractivity contribution is 9.10. The molecule has 1 aromatic carbocycles. The van der Waals surface area contributed by atoms with Crippen molar-refractivity contribution in [3.05, 3.63) is 39.9 Å². The zero-order chi connectivity index (χ0) is 13.5. The summed E-state index contributed by atoms with van der Waals surface area (Å²) in [6.45, 7) is 4.20. The lowest BCUT2D eigenvalue weighted by molar-refractivity contribution is -0.139.